The lowest BCUT2D eigenvalue weighted by atomic mass is 10.2. The number of rotatable bonds is 5. The van der Waals surface area contributed by atoms with Crippen LogP contribution in [0.25, 0.3) is 0 Å². The van der Waals surface area contributed by atoms with Gasteiger partial charge in [0.1, 0.15) is 11.5 Å². The fraction of sp³-hybridized carbons (Fsp3) is 0.588. The van der Waals surface area contributed by atoms with Crippen molar-refractivity contribution in [3.8, 4) is 11.5 Å². The summed E-state index contributed by atoms with van der Waals surface area (Å²) in [6.07, 6.45) is 1.26. The molecule has 1 fully saturated rings. The minimum Gasteiger partial charge on any atom is -0.497 e. The number of ether oxygens (including phenoxy) is 2. The topological polar surface area (TPSA) is 42.0 Å². The van der Waals surface area contributed by atoms with Gasteiger partial charge in [0.25, 0.3) is 5.91 Å². The van der Waals surface area contributed by atoms with Crippen LogP contribution in [-0.2, 0) is 4.79 Å². The highest BCUT2D eigenvalue weighted by atomic mass is 16.5. The number of amides is 1. The van der Waals surface area contributed by atoms with Gasteiger partial charge in [-0.25, -0.2) is 0 Å². The second kappa shape index (κ2) is 8.03. The average molecular weight is 306 g/mol. The van der Waals surface area contributed by atoms with Gasteiger partial charge in [-0.2, -0.15) is 0 Å². The molecule has 1 saturated heterocycles. The number of benzene rings is 1. The van der Waals surface area contributed by atoms with Crippen molar-refractivity contribution in [2.45, 2.75) is 25.9 Å². The summed E-state index contributed by atoms with van der Waals surface area (Å²) in [5.41, 5.74) is 0. The van der Waals surface area contributed by atoms with Crippen LogP contribution in [-0.4, -0.2) is 62.1 Å². The Morgan fingerprint density at radius 2 is 1.82 bits per heavy atom. The molecule has 22 heavy (non-hydrogen) atoms. The predicted octanol–water partition coefficient (Wildman–Crippen LogP) is 2.02. The summed E-state index contributed by atoms with van der Waals surface area (Å²) in [4.78, 5) is 16.9. The van der Waals surface area contributed by atoms with Crippen LogP contribution >= 0.6 is 0 Å². The molecule has 1 atom stereocenters. The van der Waals surface area contributed by atoms with E-state index in [9.17, 15) is 4.79 Å². The zero-order valence-corrected chi connectivity index (χ0v) is 13.7. The molecule has 5 heteroatoms. The van der Waals surface area contributed by atoms with Gasteiger partial charge in [-0.15, -0.1) is 0 Å². The molecule has 0 bridgehead atoms. The van der Waals surface area contributed by atoms with E-state index in [0.717, 1.165) is 38.3 Å². The Hall–Kier alpha value is -1.75. The van der Waals surface area contributed by atoms with Crippen molar-refractivity contribution in [3.05, 3.63) is 24.3 Å². The standard InChI is InChI=1S/C17H26N2O3/c1-4-16(22-15-8-6-14(21-3)7-9-15)17(20)19-11-5-10-18(2)12-13-19/h6-9,16H,4-5,10-13H2,1-3H3/t16-/m1/s1. The molecule has 0 unspecified atom stereocenters. The van der Waals surface area contributed by atoms with Crippen molar-refractivity contribution in [2.75, 3.05) is 40.3 Å². The Morgan fingerprint density at radius 3 is 2.45 bits per heavy atom. The van der Waals surface area contributed by atoms with Crippen LogP contribution in [0.4, 0.5) is 0 Å². The maximum absolute atomic E-state index is 12.7. The molecule has 1 aliphatic heterocycles. The molecule has 0 spiro atoms. The molecule has 1 aromatic rings. The maximum Gasteiger partial charge on any atom is 0.263 e. The van der Waals surface area contributed by atoms with Crippen LogP contribution in [0.2, 0.25) is 0 Å². The van der Waals surface area contributed by atoms with Gasteiger partial charge >= 0.3 is 0 Å². The quantitative estimate of drug-likeness (QED) is 0.834. The first-order valence-corrected chi connectivity index (χ1v) is 7.92. The fourth-order valence-electron chi connectivity index (χ4n) is 2.60. The second-order valence-electron chi connectivity index (χ2n) is 5.67. The molecule has 0 radical (unpaired) electrons. The van der Waals surface area contributed by atoms with E-state index in [0.29, 0.717) is 12.2 Å². The van der Waals surface area contributed by atoms with E-state index in [1.54, 1.807) is 7.11 Å². The van der Waals surface area contributed by atoms with Gasteiger partial charge in [0.2, 0.25) is 0 Å². The number of carbonyl (C=O) groups is 1. The van der Waals surface area contributed by atoms with Gasteiger partial charge in [-0.05, 0) is 50.7 Å². The molecule has 2 rings (SSSR count). The van der Waals surface area contributed by atoms with Crippen molar-refractivity contribution in [2.24, 2.45) is 0 Å². The summed E-state index contributed by atoms with van der Waals surface area (Å²) in [5, 5.41) is 0. The van der Waals surface area contributed by atoms with Crippen LogP contribution in [0.5, 0.6) is 11.5 Å². The molecular weight excluding hydrogens is 280 g/mol. The van der Waals surface area contributed by atoms with E-state index in [1.165, 1.54) is 0 Å². The predicted molar refractivity (Wildman–Crippen MR) is 86.4 cm³/mol. The highest BCUT2D eigenvalue weighted by Crippen LogP contribution is 2.20. The highest BCUT2D eigenvalue weighted by molar-refractivity contribution is 5.81. The minimum atomic E-state index is -0.420. The van der Waals surface area contributed by atoms with Crippen molar-refractivity contribution in [3.63, 3.8) is 0 Å². The zero-order chi connectivity index (χ0) is 15.9. The molecule has 0 aliphatic carbocycles. The minimum absolute atomic E-state index is 0.0913. The Kier molecular flexibility index (Phi) is 6.07. The molecule has 0 aromatic heterocycles. The Labute approximate surface area is 132 Å². The van der Waals surface area contributed by atoms with Crippen LogP contribution < -0.4 is 9.47 Å². The summed E-state index contributed by atoms with van der Waals surface area (Å²) in [6, 6.07) is 7.36. The molecule has 1 aliphatic rings. The summed E-state index contributed by atoms with van der Waals surface area (Å²) in [5.74, 6) is 1.57. The fourth-order valence-corrected chi connectivity index (χ4v) is 2.60. The Bertz CT molecular complexity index is 475. The Morgan fingerprint density at radius 1 is 1.14 bits per heavy atom. The summed E-state index contributed by atoms with van der Waals surface area (Å²) < 4.78 is 11.0. The summed E-state index contributed by atoms with van der Waals surface area (Å²) >= 11 is 0. The van der Waals surface area contributed by atoms with Crippen LogP contribution in [0.3, 0.4) is 0 Å². The van der Waals surface area contributed by atoms with Gasteiger partial charge in [-0.3, -0.25) is 4.79 Å². The number of carbonyl (C=O) groups excluding carboxylic acids is 1. The van der Waals surface area contributed by atoms with E-state index in [4.69, 9.17) is 9.47 Å². The van der Waals surface area contributed by atoms with E-state index < -0.39 is 6.10 Å². The third-order valence-corrected chi connectivity index (χ3v) is 4.02. The lowest BCUT2D eigenvalue weighted by molar-refractivity contribution is -0.138. The molecular formula is C17H26N2O3. The number of hydrogen-bond acceptors (Lipinski definition) is 4. The number of hydrogen-bond donors (Lipinski definition) is 0. The van der Waals surface area contributed by atoms with Crippen LogP contribution in [0.15, 0.2) is 24.3 Å². The molecule has 1 heterocycles. The number of likely N-dealkylation sites (N-methyl/N-ethyl adjacent to an activating group) is 1. The normalized spacial score (nSPS) is 17.7. The zero-order valence-electron chi connectivity index (χ0n) is 13.7. The van der Waals surface area contributed by atoms with E-state index in [1.807, 2.05) is 36.1 Å². The van der Waals surface area contributed by atoms with Crippen LogP contribution in [0.1, 0.15) is 19.8 Å². The molecule has 1 aromatic carbocycles. The van der Waals surface area contributed by atoms with Crippen LogP contribution in [0, 0.1) is 0 Å². The van der Waals surface area contributed by atoms with Crippen molar-refractivity contribution >= 4 is 5.91 Å². The molecule has 122 valence electrons. The third kappa shape index (κ3) is 4.37. The second-order valence-corrected chi connectivity index (χ2v) is 5.67. The molecule has 0 N–H and O–H groups in total. The van der Waals surface area contributed by atoms with Gasteiger partial charge in [0, 0.05) is 19.6 Å². The van der Waals surface area contributed by atoms with E-state index >= 15 is 0 Å². The SMILES string of the molecule is CC[C@@H](Oc1ccc(OC)cc1)C(=O)N1CCCN(C)CC1. The maximum atomic E-state index is 12.7. The van der Waals surface area contributed by atoms with Gasteiger partial charge in [0.15, 0.2) is 6.10 Å². The van der Waals surface area contributed by atoms with Gasteiger partial charge in [-0.1, -0.05) is 6.92 Å². The highest BCUT2D eigenvalue weighted by Gasteiger charge is 2.25. The van der Waals surface area contributed by atoms with Gasteiger partial charge < -0.3 is 19.3 Å². The molecule has 5 nitrogen and oxygen atoms in total. The third-order valence-electron chi connectivity index (χ3n) is 4.02. The average Bonchev–Trinajstić information content (AvgIpc) is 2.77. The molecule has 1 amide bonds. The van der Waals surface area contributed by atoms with Crippen molar-refractivity contribution in [1.29, 1.82) is 0 Å². The van der Waals surface area contributed by atoms with Crippen molar-refractivity contribution in [1.82, 2.24) is 9.80 Å². The lowest BCUT2D eigenvalue weighted by Gasteiger charge is -2.26. The van der Waals surface area contributed by atoms with Gasteiger partial charge in [0.05, 0.1) is 7.11 Å². The molecule has 0 saturated carbocycles. The first-order chi connectivity index (χ1) is 10.6. The summed E-state index contributed by atoms with van der Waals surface area (Å²) in [6.45, 7) is 5.53. The monoisotopic (exact) mass is 306 g/mol. The Balaban J connectivity index is 1.98. The first kappa shape index (κ1) is 16.6. The van der Waals surface area contributed by atoms with E-state index in [2.05, 4.69) is 11.9 Å². The van der Waals surface area contributed by atoms with E-state index in [-0.39, 0.29) is 5.91 Å². The summed E-state index contributed by atoms with van der Waals surface area (Å²) in [7, 11) is 3.73. The largest absolute Gasteiger partial charge is 0.497 e. The smallest absolute Gasteiger partial charge is 0.263 e. The van der Waals surface area contributed by atoms with Crippen molar-refractivity contribution < 1.29 is 14.3 Å². The first-order valence-electron chi connectivity index (χ1n) is 7.92. The lowest BCUT2D eigenvalue weighted by Crippen LogP contribution is -2.43. The number of methoxy groups -OCH3 is 1. The number of nitrogens with zero attached hydrogens (tertiary/aromatic N) is 2.